The van der Waals surface area contributed by atoms with Gasteiger partial charge in [-0.3, -0.25) is 4.79 Å². The number of carbonyl (C=O) groups excluding carboxylic acids is 1. The van der Waals surface area contributed by atoms with Gasteiger partial charge in [0.2, 0.25) is 0 Å². The number of rotatable bonds is 6. The number of aryl methyl sites for hydroxylation is 1. The SMILES string of the molecule is CCCNc1ccc(C(=O)NCc2ccno2)c(C)c1. The highest BCUT2D eigenvalue weighted by molar-refractivity contribution is 5.96. The molecule has 106 valence electrons. The molecular weight excluding hydrogens is 254 g/mol. The minimum absolute atomic E-state index is 0.110. The van der Waals surface area contributed by atoms with E-state index in [0.717, 1.165) is 24.2 Å². The molecule has 0 aliphatic rings. The van der Waals surface area contributed by atoms with Crippen LogP contribution in [0.3, 0.4) is 0 Å². The van der Waals surface area contributed by atoms with Crippen molar-refractivity contribution in [2.45, 2.75) is 26.8 Å². The van der Waals surface area contributed by atoms with Gasteiger partial charge in [-0.05, 0) is 37.1 Å². The fourth-order valence-corrected chi connectivity index (χ4v) is 1.89. The highest BCUT2D eigenvalue weighted by atomic mass is 16.5. The van der Waals surface area contributed by atoms with Gasteiger partial charge < -0.3 is 15.2 Å². The predicted molar refractivity (Wildman–Crippen MR) is 77.6 cm³/mol. The van der Waals surface area contributed by atoms with Gasteiger partial charge in [-0.2, -0.15) is 0 Å². The number of benzene rings is 1. The third kappa shape index (κ3) is 3.60. The molecule has 0 spiro atoms. The standard InChI is InChI=1S/C15H19N3O2/c1-3-7-16-12-4-5-14(11(2)9-12)15(19)17-10-13-6-8-18-20-13/h4-6,8-9,16H,3,7,10H2,1-2H3,(H,17,19). The first-order valence-electron chi connectivity index (χ1n) is 6.73. The molecule has 1 heterocycles. The van der Waals surface area contributed by atoms with Crippen molar-refractivity contribution in [3.05, 3.63) is 47.3 Å². The zero-order valence-electron chi connectivity index (χ0n) is 11.8. The van der Waals surface area contributed by atoms with E-state index in [4.69, 9.17) is 4.52 Å². The minimum Gasteiger partial charge on any atom is -0.385 e. The van der Waals surface area contributed by atoms with Crippen LogP contribution in [-0.2, 0) is 6.54 Å². The Balaban J connectivity index is 1.98. The molecular formula is C15H19N3O2. The maximum atomic E-state index is 12.1. The van der Waals surface area contributed by atoms with Crippen molar-refractivity contribution in [2.75, 3.05) is 11.9 Å². The van der Waals surface area contributed by atoms with Crippen LogP contribution < -0.4 is 10.6 Å². The van der Waals surface area contributed by atoms with Gasteiger partial charge in [0.05, 0.1) is 12.7 Å². The molecule has 0 saturated heterocycles. The highest BCUT2D eigenvalue weighted by Gasteiger charge is 2.10. The van der Waals surface area contributed by atoms with Gasteiger partial charge in [-0.1, -0.05) is 12.1 Å². The zero-order chi connectivity index (χ0) is 14.4. The fraction of sp³-hybridized carbons (Fsp3) is 0.333. The summed E-state index contributed by atoms with van der Waals surface area (Å²) in [5.74, 6) is 0.526. The van der Waals surface area contributed by atoms with Crippen LogP contribution in [0.4, 0.5) is 5.69 Å². The van der Waals surface area contributed by atoms with E-state index in [9.17, 15) is 4.79 Å². The number of aromatic nitrogens is 1. The average molecular weight is 273 g/mol. The van der Waals surface area contributed by atoms with Crippen molar-refractivity contribution >= 4 is 11.6 Å². The summed E-state index contributed by atoms with van der Waals surface area (Å²) in [5, 5.41) is 9.71. The summed E-state index contributed by atoms with van der Waals surface area (Å²) in [6.07, 6.45) is 2.62. The predicted octanol–water partition coefficient (Wildman–Crippen LogP) is 2.73. The molecule has 0 atom stereocenters. The summed E-state index contributed by atoms with van der Waals surface area (Å²) in [4.78, 5) is 12.1. The van der Waals surface area contributed by atoms with E-state index < -0.39 is 0 Å². The molecule has 1 aromatic carbocycles. The largest absolute Gasteiger partial charge is 0.385 e. The lowest BCUT2D eigenvalue weighted by molar-refractivity contribution is 0.0946. The Bertz CT molecular complexity index is 565. The quantitative estimate of drug-likeness (QED) is 0.849. The van der Waals surface area contributed by atoms with Crippen molar-refractivity contribution in [1.29, 1.82) is 0 Å². The lowest BCUT2D eigenvalue weighted by atomic mass is 10.1. The molecule has 5 heteroatoms. The number of carbonyl (C=O) groups is 1. The normalized spacial score (nSPS) is 10.3. The van der Waals surface area contributed by atoms with Gasteiger partial charge in [0.25, 0.3) is 5.91 Å². The van der Waals surface area contributed by atoms with Crippen LogP contribution in [0.2, 0.25) is 0 Å². The molecule has 5 nitrogen and oxygen atoms in total. The molecule has 2 aromatic rings. The smallest absolute Gasteiger partial charge is 0.251 e. The second kappa shape index (κ2) is 6.75. The van der Waals surface area contributed by atoms with Gasteiger partial charge >= 0.3 is 0 Å². The molecule has 0 bridgehead atoms. The lowest BCUT2D eigenvalue weighted by Gasteiger charge is -2.10. The molecule has 1 aromatic heterocycles. The van der Waals surface area contributed by atoms with Crippen molar-refractivity contribution in [3.8, 4) is 0 Å². The number of hydrogen-bond acceptors (Lipinski definition) is 4. The van der Waals surface area contributed by atoms with Gasteiger partial charge in [-0.25, -0.2) is 0 Å². The maximum Gasteiger partial charge on any atom is 0.251 e. The summed E-state index contributed by atoms with van der Waals surface area (Å²) in [6, 6.07) is 7.47. The summed E-state index contributed by atoms with van der Waals surface area (Å²) >= 11 is 0. The first-order chi connectivity index (χ1) is 9.70. The Kier molecular flexibility index (Phi) is 4.76. The van der Waals surface area contributed by atoms with E-state index in [0.29, 0.717) is 17.9 Å². The summed E-state index contributed by atoms with van der Waals surface area (Å²) < 4.78 is 4.94. The Morgan fingerprint density at radius 3 is 2.85 bits per heavy atom. The van der Waals surface area contributed by atoms with E-state index in [1.807, 2.05) is 25.1 Å². The summed E-state index contributed by atoms with van der Waals surface area (Å²) in [7, 11) is 0. The maximum absolute atomic E-state index is 12.1. The Labute approximate surface area is 118 Å². The molecule has 20 heavy (non-hydrogen) atoms. The molecule has 0 radical (unpaired) electrons. The molecule has 0 aliphatic carbocycles. The summed E-state index contributed by atoms with van der Waals surface area (Å²) in [6.45, 7) is 5.32. The van der Waals surface area contributed by atoms with Crippen molar-refractivity contribution in [1.82, 2.24) is 10.5 Å². The first-order valence-corrected chi connectivity index (χ1v) is 6.73. The monoisotopic (exact) mass is 273 g/mol. The van der Waals surface area contributed by atoms with Gasteiger partial charge in [0.15, 0.2) is 5.76 Å². The van der Waals surface area contributed by atoms with Crippen molar-refractivity contribution < 1.29 is 9.32 Å². The Morgan fingerprint density at radius 2 is 2.20 bits per heavy atom. The van der Waals surface area contributed by atoms with Crippen LogP contribution in [-0.4, -0.2) is 17.6 Å². The topological polar surface area (TPSA) is 67.2 Å². The number of amides is 1. The number of anilines is 1. The van der Waals surface area contributed by atoms with Crippen LogP contribution in [0.5, 0.6) is 0 Å². The Hall–Kier alpha value is -2.30. The van der Waals surface area contributed by atoms with Crippen molar-refractivity contribution in [3.63, 3.8) is 0 Å². The third-order valence-corrected chi connectivity index (χ3v) is 2.96. The Morgan fingerprint density at radius 1 is 1.35 bits per heavy atom. The molecule has 2 rings (SSSR count). The van der Waals surface area contributed by atoms with Crippen molar-refractivity contribution in [2.24, 2.45) is 0 Å². The molecule has 0 aliphatic heterocycles. The van der Waals surface area contributed by atoms with E-state index in [1.165, 1.54) is 0 Å². The number of hydrogen-bond donors (Lipinski definition) is 2. The van der Waals surface area contributed by atoms with Crippen LogP contribution in [0.25, 0.3) is 0 Å². The van der Waals surface area contributed by atoms with Gasteiger partial charge in [0.1, 0.15) is 0 Å². The zero-order valence-corrected chi connectivity index (χ0v) is 11.8. The molecule has 2 N–H and O–H groups in total. The summed E-state index contributed by atoms with van der Waals surface area (Å²) in [5.41, 5.74) is 2.66. The molecule has 0 saturated carbocycles. The minimum atomic E-state index is -0.110. The second-order valence-electron chi connectivity index (χ2n) is 4.62. The van der Waals surface area contributed by atoms with E-state index in [1.54, 1.807) is 12.3 Å². The van der Waals surface area contributed by atoms with E-state index >= 15 is 0 Å². The van der Waals surface area contributed by atoms with E-state index in [2.05, 4.69) is 22.7 Å². The fourth-order valence-electron chi connectivity index (χ4n) is 1.89. The lowest BCUT2D eigenvalue weighted by Crippen LogP contribution is -2.23. The molecule has 0 fully saturated rings. The van der Waals surface area contributed by atoms with E-state index in [-0.39, 0.29) is 5.91 Å². The van der Waals surface area contributed by atoms with Crippen LogP contribution in [0.15, 0.2) is 35.0 Å². The van der Waals surface area contributed by atoms with Gasteiger partial charge in [-0.15, -0.1) is 0 Å². The second-order valence-corrected chi connectivity index (χ2v) is 4.62. The molecule has 1 amide bonds. The number of nitrogens with one attached hydrogen (secondary N) is 2. The van der Waals surface area contributed by atoms with Crippen LogP contribution >= 0.6 is 0 Å². The van der Waals surface area contributed by atoms with Crippen LogP contribution in [0.1, 0.15) is 35.0 Å². The van der Waals surface area contributed by atoms with Crippen LogP contribution in [0, 0.1) is 6.92 Å². The highest BCUT2D eigenvalue weighted by Crippen LogP contribution is 2.15. The van der Waals surface area contributed by atoms with Gasteiger partial charge in [0, 0.05) is 23.9 Å². The third-order valence-electron chi connectivity index (χ3n) is 2.96. The average Bonchev–Trinajstić information content (AvgIpc) is 2.96. The number of nitrogens with zero attached hydrogens (tertiary/aromatic N) is 1. The molecule has 0 unspecified atom stereocenters. The first kappa shape index (κ1) is 14.1.